The van der Waals surface area contributed by atoms with Crippen molar-refractivity contribution >= 4 is 0 Å². The van der Waals surface area contributed by atoms with Gasteiger partial charge in [0.2, 0.25) is 0 Å². The molecule has 28 heavy (non-hydrogen) atoms. The highest BCUT2D eigenvalue weighted by molar-refractivity contribution is 5.36. The lowest BCUT2D eigenvalue weighted by atomic mass is 9.63. The van der Waals surface area contributed by atoms with Crippen molar-refractivity contribution in [1.82, 2.24) is 0 Å². The summed E-state index contributed by atoms with van der Waals surface area (Å²) in [7, 11) is 0. The zero-order chi connectivity index (χ0) is 20.4. The fourth-order valence-corrected chi connectivity index (χ4v) is 5.76. The Morgan fingerprint density at radius 1 is 1.14 bits per heavy atom. The molecule has 3 rings (SSSR count). The number of hydrogen-bond donors (Lipinski definition) is 2. The van der Waals surface area contributed by atoms with Gasteiger partial charge in [0.05, 0.1) is 11.7 Å². The number of hydrogen-bond acceptors (Lipinski definition) is 2. The summed E-state index contributed by atoms with van der Waals surface area (Å²) in [6.07, 6.45) is 19.8. The van der Waals surface area contributed by atoms with Crippen LogP contribution in [0.4, 0.5) is 0 Å². The van der Waals surface area contributed by atoms with Crippen LogP contribution in [0.25, 0.3) is 0 Å². The van der Waals surface area contributed by atoms with Gasteiger partial charge in [-0.1, -0.05) is 49.0 Å². The lowest BCUT2D eigenvalue weighted by Gasteiger charge is -2.42. The Balaban J connectivity index is 1.68. The van der Waals surface area contributed by atoms with Crippen LogP contribution >= 0.6 is 0 Å². The third-order valence-electron chi connectivity index (χ3n) is 7.55. The van der Waals surface area contributed by atoms with Gasteiger partial charge in [0.1, 0.15) is 0 Å². The first-order valence-corrected chi connectivity index (χ1v) is 11.3. The minimum Gasteiger partial charge on any atom is -0.393 e. The molecule has 0 aromatic rings. The minimum absolute atomic E-state index is 0.196. The van der Waals surface area contributed by atoms with E-state index in [1.54, 1.807) is 5.57 Å². The van der Waals surface area contributed by atoms with E-state index in [2.05, 4.69) is 37.8 Å². The first kappa shape index (κ1) is 21.6. The molecule has 0 heterocycles. The van der Waals surface area contributed by atoms with E-state index < -0.39 is 5.60 Å². The Bertz CT molecular complexity index is 660. The van der Waals surface area contributed by atoms with Crippen LogP contribution in [0.3, 0.4) is 0 Å². The van der Waals surface area contributed by atoms with Gasteiger partial charge in [0.25, 0.3) is 0 Å². The maximum Gasteiger partial charge on any atom is 0.0626 e. The van der Waals surface area contributed by atoms with E-state index >= 15 is 0 Å². The van der Waals surface area contributed by atoms with Gasteiger partial charge in [-0.25, -0.2) is 0 Å². The average Bonchev–Trinajstić information content (AvgIpc) is 2.95. The van der Waals surface area contributed by atoms with E-state index in [1.807, 2.05) is 13.8 Å². The van der Waals surface area contributed by atoms with E-state index in [-0.39, 0.29) is 6.10 Å². The summed E-state index contributed by atoms with van der Waals surface area (Å²) in [5, 5.41) is 19.9. The smallest absolute Gasteiger partial charge is 0.0626 e. The molecule has 0 radical (unpaired) electrons. The second kappa shape index (κ2) is 8.71. The fourth-order valence-electron chi connectivity index (χ4n) is 5.76. The van der Waals surface area contributed by atoms with Crippen LogP contribution in [0.5, 0.6) is 0 Å². The van der Waals surface area contributed by atoms with E-state index in [9.17, 15) is 10.2 Å². The first-order chi connectivity index (χ1) is 13.2. The number of allylic oxidation sites excluding steroid dienone is 5. The summed E-state index contributed by atoms with van der Waals surface area (Å²) in [6.45, 7) is 10.5. The van der Waals surface area contributed by atoms with E-state index in [4.69, 9.17) is 0 Å². The summed E-state index contributed by atoms with van der Waals surface area (Å²) in [5.74, 6) is 1.45. The molecule has 2 N–H and O–H groups in total. The second-order valence-electron chi connectivity index (χ2n) is 10.3. The summed E-state index contributed by atoms with van der Waals surface area (Å²) >= 11 is 0. The Kier molecular flexibility index (Phi) is 6.72. The maximum atomic E-state index is 9.99. The highest BCUT2D eigenvalue weighted by atomic mass is 16.3. The van der Waals surface area contributed by atoms with Crippen molar-refractivity contribution in [3.63, 3.8) is 0 Å². The lowest BCUT2D eigenvalue weighted by molar-refractivity contribution is 0.0837. The maximum absolute atomic E-state index is 9.99. The van der Waals surface area contributed by atoms with Crippen LogP contribution in [0, 0.1) is 17.3 Å². The molecule has 0 saturated heterocycles. The van der Waals surface area contributed by atoms with Crippen molar-refractivity contribution in [2.24, 2.45) is 17.3 Å². The molecule has 4 atom stereocenters. The van der Waals surface area contributed by atoms with Crippen LogP contribution in [0.15, 0.2) is 47.6 Å². The molecule has 0 spiro atoms. The first-order valence-electron chi connectivity index (χ1n) is 11.3. The molecule has 0 bridgehead atoms. The molecule has 3 saturated carbocycles. The lowest BCUT2D eigenvalue weighted by Crippen LogP contribution is -2.33. The van der Waals surface area contributed by atoms with Gasteiger partial charge < -0.3 is 10.2 Å². The second-order valence-corrected chi connectivity index (χ2v) is 10.3. The van der Waals surface area contributed by atoms with Crippen molar-refractivity contribution in [3.8, 4) is 0 Å². The fraction of sp³-hybridized carbons (Fsp3) is 0.692. The van der Waals surface area contributed by atoms with E-state index in [1.165, 1.54) is 43.3 Å². The van der Waals surface area contributed by atoms with Crippen molar-refractivity contribution < 1.29 is 10.2 Å². The van der Waals surface area contributed by atoms with Crippen LogP contribution in [-0.4, -0.2) is 21.9 Å². The molecule has 3 aliphatic carbocycles. The molecule has 0 aliphatic heterocycles. The van der Waals surface area contributed by atoms with Crippen molar-refractivity contribution in [3.05, 3.63) is 47.6 Å². The largest absolute Gasteiger partial charge is 0.393 e. The standard InChI is InChI=1S/C26H40O2/c1-19-10-14-23(27)18-21(19)12-11-20-8-7-17-26(4)22(13-15-24(20)26)9-5-6-16-25(2,3)28/h5-6,11-12,22-24,27-28H,1,7-10,13-18H2,2-4H3/b6-5+,20-11+,21-12-/t22-,23?,24?,26+/m0/s1. The van der Waals surface area contributed by atoms with E-state index in [0.717, 1.165) is 38.0 Å². The average molecular weight is 385 g/mol. The third-order valence-corrected chi connectivity index (χ3v) is 7.55. The highest BCUT2D eigenvalue weighted by Gasteiger charge is 2.48. The van der Waals surface area contributed by atoms with Crippen LogP contribution in [0.1, 0.15) is 85.0 Å². The molecule has 2 nitrogen and oxygen atoms in total. The highest BCUT2D eigenvalue weighted by Crippen LogP contribution is 2.58. The predicted octanol–water partition coefficient (Wildman–Crippen LogP) is 6.26. The zero-order valence-electron chi connectivity index (χ0n) is 18.2. The molecule has 0 aromatic heterocycles. The van der Waals surface area contributed by atoms with Crippen molar-refractivity contribution in [1.29, 1.82) is 0 Å². The summed E-state index contributed by atoms with van der Waals surface area (Å²) < 4.78 is 0. The van der Waals surface area contributed by atoms with Crippen LogP contribution in [0.2, 0.25) is 0 Å². The number of aliphatic hydroxyl groups is 2. The Hall–Kier alpha value is -1.12. The Labute approximate surface area is 172 Å². The quantitative estimate of drug-likeness (QED) is 0.549. The monoisotopic (exact) mass is 384 g/mol. The van der Waals surface area contributed by atoms with Crippen LogP contribution < -0.4 is 0 Å². The third kappa shape index (κ3) is 5.07. The molecule has 0 amide bonds. The topological polar surface area (TPSA) is 40.5 Å². The normalized spacial score (nSPS) is 37.2. The molecule has 2 heteroatoms. The molecule has 2 unspecified atom stereocenters. The van der Waals surface area contributed by atoms with Crippen molar-refractivity contribution in [2.45, 2.75) is 96.7 Å². The number of aliphatic hydroxyl groups excluding tert-OH is 1. The molecule has 3 aliphatic rings. The van der Waals surface area contributed by atoms with Gasteiger partial charge >= 0.3 is 0 Å². The molecular formula is C26H40O2. The summed E-state index contributed by atoms with van der Waals surface area (Å²) in [4.78, 5) is 0. The Morgan fingerprint density at radius 3 is 2.68 bits per heavy atom. The van der Waals surface area contributed by atoms with Gasteiger partial charge in [-0.2, -0.15) is 0 Å². The zero-order valence-corrected chi connectivity index (χ0v) is 18.2. The van der Waals surface area contributed by atoms with Gasteiger partial charge in [0, 0.05) is 0 Å². The SMILES string of the molecule is C=C1CCC(O)C/C1=C/C=C1\CCC[C@@]2(C)C1CC[C@@H]2C/C=C/CC(C)(C)O. The molecular weight excluding hydrogens is 344 g/mol. The van der Waals surface area contributed by atoms with Gasteiger partial charge in [-0.05, 0) is 101 Å². The summed E-state index contributed by atoms with van der Waals surface area (Å²) in [5.41, 5.74) is 3.88. The predicted molar refractivity (Wildman–Crippen MR) is 118 cm³/mol. The molecule has 0 aromatic carbocycles. The Morgan fingerprint density at radius 2 is 1.93 bits per heavy atom. The van der Waals surface area contributed by atoms with Gasteiger partial charge in [-0.15, -0.1) is 0 Å². The molecule has 3 fully saturated rings. The molecule has 156 valence electrons. The van der Waals surface area contributed by atoms with Gasteiger partial charge in [0.15, 0.2) is 0 Å². The van der Waals surface area contributed by atoms with E-state index in [0.29, 0.717) is 11.3 Å². The number of rotatable bonds is 5. The van der Waals surface area contributed by atoms with Crippen LogP contribution in [-0.2, 0) is 0 Å². The van der Waals surface area contributed by atoms with Gasteiger partial charge in [-0.3, -0.25) is 0 Å². The van der Waals surface area contributed by atoms with Crippen molar-refractivity contribution in [2.75, 3.05) is 0 Å². The minimum atomic E-state index is -0.608. The number of fused-ring (bicyclic) bond motifs is 1. The summed E-state index contributed by atoms with van der Waals surface area (Å²) in [6, 6.07) is 0.